The molecule has 0 bridgehead atoms. The van der Waals surface area contributed by atoms with Gasteiger partial charge in [-0.25, -0.2) is 0 Å². The van der Waals surface area contributed by atoms with Gasteiger partial charge in [0.25, 0.3) is 0 Å². The minimum Gasteiger partial charge on any atom is -0.497 e. The molecular formula is C16H17N3O3. The van der Waals surface area contributed by atoms with E-state index in [1.54, 1.807) is 7.11 Å². The van der Waals surface area contributed by atoms with Gasteiger partial charge in [-0.1, -0.05) is 29.4 Å². The van der Waals surface area contributed by atoms with Crippen molar-refractivity contribution in [2.75, 3.05) is 13.7 Å². The number of hydrogen-bond donors (Lipinski definition) is 2. The lowest BCUT2D eigenvalue weighted by atomic mass is 10.1. The van der Waals surface area contributed by atoms with Gasteiger partial charge in [0.15, 0.2) is 5.76 Å². The van der Waals surface area contributed by atoms with Crippen LogP contribution >= 0.6 is 0 Å². The molecule has 1 aliphatic heterocycles. The fourth-order valence-corrected chi connectivity index (χ4v) is 2.24. The average molecular weight is 299 g/mol. The Morgan fingerprint density at radius 2 is 2.41 bits per heavy atom. The second kappa shape index (κ2) is 6.44. The third kappa shape index (κ3) is 3.17. The smallest absolute Gasteiger partial charge is 0.241 e. The molecule has 2 aromatic rings. The van der Waals surface area contributed by atoms with Crippen LogP contribution in [0, 0.1) is 0 Å². The zero-order chi connectivity index (χ0) is 15.4. The Hall–Kier alpha value is -2.60. The Morgan fingerprint density at radius 1 is 1.50 bits per heavy atom. The van der Waals surface area contributed by atoms with Gasteiger partial charge >= 0.3 is 0 Å². The molecule has 1 atom stereocenters. The summed E-state index contributed by atoms with van der Waals surface area (Å²) in [6.07, 6.45) is 3.78. The van der Waals surface area contributed by atoms with Crippen LogP contribution in [0.15, 0.2) is 47.0 Å². The van der Waals surface area contributed by atoms with Crippen molar-refractivity contribution in [3.05, 3.63) is 48.2 Å². The van der Waals surface area contributed by atoms with E-state index in [-0.39, 0.29) is 11.9 Å². The van der Waals surface area contributed by atoms with E-state index in [9.17, 15) is 4.79 Å². The molecule has 114 valence electrons. The van der Waals surface area contributed by atoms with Gasteiger partial charge in [-0.15, -0.1) is 0 Å². The number of carbonyl (C=O) groups is 1. The largest absolute Gasteiger partial charge is 0.497 e. The van der Waals surface area contributed by atoms with Crippen LogP contribution in [-0.2, 0) is 11.3 Å². The van der Waals surface area contributed by atoms with E-state index in [1.807, 2.05) is 42.5 Å². The Morgan fingerprint density at radius 3 is 3.18 bits per heavy atom. The SMILES string of the molecule is COc1cccc(-c2cc(CNC(=O)[C@@H]3C=CCN3)no2)c1. The van der Waals surface area contributed by atoms with Crippen LogP contribution in [0.4, 0.5) is 0 Å². The highest BCUT2D eigenvalue weighted by Crippen LogP contribution is 2.24. The highest BCUT2D eigenvalue weighted by Gasteiger charge is 2.17. The molecule has 1 aliphatic rings. The van der Waals surface area contributed by atoms with Crippen molar-refractivity contribution in [2.45, 2.75) is 12.6 Å². The summed E-state index contributed by atoms with van der Waals surface area (Å²) in [4.78, 5) is 11.9. The van der Waals surface area contributed by atoms with Gasteiger partial charge in [0.2, 0.25) is 5.91 Å². The van der Waals surface area contributed by atoms with Crippen molar-refractivity contribution >= 4 is 5.91 Å². The van der Waals surface area contributed by atoms with Crippen molar-refractivity contribution in [1.82, 2.24) is 15.8 Å². The molecule has 0 fully saturated rings. The van der Waals surface area contributed by atoms with E-state index >= 15 is 0 Å². The molecule has 0 saturated heterocycles. The molecular weight excluding hydrogens is 282 g/mol. The van der Waals surface area contributed by atoms with Crippen LogP contribution in [0.25, 0.3) is 11.3 Å². The second-order valence-corrected chi connectivity index (χ2v) is 4.95. The number of carbonyl (C=O) groups excluding carboxylic acids is 1. The van der Waals surface area contributed by atoms with Crippen LogP contribution in [0.3, 0.4) is 0 Å². The Balaban J connectivity index is 1.63. The first kappa shape index (κ1) is 14.3. The fourth-order valence-electron chi connectivity index (χ4n) is 2.24. The highest BCUT2D eigenvalue weighted by atomic mass is 16.5. The zero-order valence-corrected chi connectivity index (χ0v) is 12.2. The Kier molecular flexibility index (Phi) is 4.20. The van der Waals surface area contributed by atoms with E-state index in [1.165, 1.54) is 0 Å². The average Bonchev–Trinajstić information content (AvgIpc) is 3.24. The third-order valence-electron chi connectivity index (χ3n) is 3.42. The minimum absolute atomic E-state index is 0.0697. The molecule has 1 aromatic heterocycles. The number of amides is 1. The van der Waals surface area contributed by atoms with E-state index in [0.29, 0.717) is 18.0 Å². The molecule has 2 heterocycles. The van der Waals surface area contributed by atoms with Crippen molar-refractivity contribution in [3.8, 4) is 17.1 Å². The van der Waals surface area contributed by atoms with Gasteiger partial charge in [-0.2, -0.15) is 0 Å². The summed E-state index contributed by atoms with van der Waals surface area (Å²) < 4.78 is 10.5. The summed E-state index contributed by atoms with van der Waals surface area (Å²) >= 11 is 0. The molecule has 0 spiro atoms. The van der Waals surface area contributed by atoms with Crippen molar-refractivity contribution in [3.63, 3.8) is 0 Å². The highest BCUT2D eigenvalue weighted by molar-refractivity contribution is 5.84. The second-order valence-electron chi connectivity index (χ2n) is 4.95. The summed E-state index contributed by atoms with van der Waals surface area (Å²) in [5.74, 6) is 1.32. The molecule has 1 amide bonds. The lowest BCUT2D eigenvalue weighted by Gasteiger charge is -2.08. The fraction of sp³-hybridized carbons (Fsp3) is 0.250. The number of rotatable bonds is 5. The summed E-state index contributed by atoms with van der Waals surface area (Å²) in [5.41, 5.74) is 1.55. The maximum atomic E-state index is 11.9. The summed E-state index contributed by atoms with van der Waals surface area (Å²) in [6, 6.07) is 9.09. The van der Waals surface area contributed by atoms with Crippen LogP contribution in [0.1, 0.15) is 5.69 Å². The molecule has 0 unspecified atom stereocenters. The predicted octanol–water partition coefficient (Wildman–Crippen LogP) is 1.49. The zero-order valence-electron chi connectivity index (χ0n) is 12.2. The molecule has 6 nitrogen and oxygen atoms in total. The third-order valence-corrected chi connectivity index (χ3v) is 3.42. The van der Waals surface area contributed by atoms with Gasteiger partial charge in [0, 0.05) is 18.2 Å². The molecule has 6 heteroatoms. The quantitative estimate of drug-likeness (QED) is 0.818. The lowest BCUT2D eigenvalue weighted by molar-refractivity contribution is -0.122. The number of methoxy groups -OCH3 is 1. The number of hydrogen-bond acceptors (Lipinski definition) is 5. The minimum atomic E-state index is -0.259. The maximum Gasteiger partial charge on any atom is 0.241 e. The summed E-state index contributed by atoms with van der Waals surface area (Å²) in [5, 5.41) is 9.86. The van der Waals surface area contributed by atoms with Gasteiger partial charge in [-0.3, -0.25) is 10.1 Å². The molecule has 22 heavy (non-hydrogen) atoms. The number of ether oxygens (including phenoxy) is 1. The summed E-state index contributed by atoms with van der Waals surface area (Å²) in [6.45, 7) is 1.06. The molecule has 2 N–H and O–H groups in total. The molecule has 0 saturated carbocycles. The summed E-state index contributed by atoms with van der Waals surface area (Å²) in [7, 11) is 1.62. The van der Waals surface area contributed by atoms with E-state index in [2.05, 4.69) is 15.8 Å². The molecule has 0 radical (unpaired) electrons. The van der Waals surface area contributed by atoms with Crippen LogP contribution in [0.2, 0.25) is 0 Å². The first-order valence-corrected chi connectivity index (χ1v) is 7.04. The first-order valence-electron chi connectivity index (χ1n) is 7.04. The van der Waals surface area contributed by atoms with Crippen molar-refractivity contribution < 1.29 is 14.1 Å². The van der Waals surface area contributed by atoms with Crippen LogP contribution < -0.4 is 15.4 Å². The van der Waals surface area contributed by atoms with E-state index in [0.717, 1.165) is 17.9 Å². The van der Waals surface area contributed by atoms with Gasteiger partial charge in [0.05, 0.1) is 13.7 Å². The standard InChI is InChI=1S/C16H17N3O3/c1-21-13-5-2-4-11(8-13)15-9-12(19-22-15)10-18-16(20)14-6-3-7-17-14/h2-6,8-9,14,17H,7,10H2,1H3,(H,18,20)/t14-/m0/s1. The number of nitrogens with zero attached hydrogens (tertiary/aromatic N) is 1. The molecule has 3 rings (SSSR count). The number of aromatic nitrogens is 1. The van der Waals surface area contributed by atoms with Crippen LogP contribution in [-0.4, -0.2) is 30.8 Å². The monoisotopic (exact) mass is 299 g/mol. The van der Waals surface area contributed by atoms with Crippen molar-refractivity contribution in [2.24, 2.45) is 0 Å². The number of nitrogens with one attached hydrogen (secondary N) is 2. The molecule has 1 aromatic carbocycles. The number of benzene rings is 1. The maximum absolute atomic E-state index is 11.9. The predicted molar refractivity (Wildman–Crippen MR) is 81.3 cm³/mol. The van der Waals surface area contributed by atoms with Crippen LogP contribution in [0.5, 0.6) is 5.75 Å². The van der Waals surface area contributed by atoms with Gasteiger partial charge in [0.1, 0.15) is 17.5 Å². The van der Waals surface area contributed by atoms with Gasteiger partial charge < -0.3 is 14.6 Å². The Bertz CT molecular complexity index is 693. The lowest BCUT2D eigenvalue weighted by Crippen LogP contribution is -2.40. The van der Waals surface area contributed by atoms with E-state index in [4.69, 9.17) is 9.26 Å². The van der Waals surface area contributed by atoms with Crippen molar-refractivity contribution in [1.29, 1.82) is 0 Å². The topological polar surface area (TPSA) is 76.4 Å². The first-order chi connectivity index (χ1) is 10.8. The normalized spacial score (nSPS) is 16.7. The Labute approximate surface area is 128 Å². The molecule has 0 aliphatic carbocycles. The van der Waals surface area contributed by atoms with Gasteiger partial charge in [-0.05, 0) is 12.1 Å². The van der Waals surface area contributed by atoms with E-state index < -0.39 is 0 Å².